The van der Waals surface area contributed by atoms with Gasteiger partial charge in [0.2, 0.25) is 0 Å². The van der Waals surface area contributed by atoms with Crippen molar-refractivity contribution in [3.63, 3.8) is 0 Å². The molecule has 0 spiro atoms. The highest BCUT2D eigenvalue weighted by Crippen LogP contribution is 2.50. The van der Waals surface area contributed by atoms with Crippen molar-refractivity contribution < 1.29 is 0 Å². The first-order valence-corrected chi connectivity index (χ1v) is 18.8. The van der Waals surface area contributed by atoms with E-state index >= 15 is 0 Å². The Morgan fingerprint density at radius 3 is 1.43 bits per heavy atom. The van der Waals surface area contributed by atoms with Crippen LogP contribution in [-0.2, 0) is 0 Å². The molecule has 0 unspecified atom stereocenters. The minimum atomic E-state index is 0.611. The van der Waals surface area contributed by atoms with Gasteiger partial charge in [-0.25, -0.2) is 9.97 Å². The quantitative estimate of drug-likeness (QED) is 0.183. The van der Waals surface area contributed by atoms with Crippen molar-refractivity contribution in [2.45, 2.75) is 0 Å². The van der Waals surface area contributed by atoms with Crippen LogP contribution in [0.15, 0.2) is 176 Å². The Labute approximate surface area is 321 Å². The maximum atomic E-state index is 9.66. The second-order valence-electron chi connectivity index (χ2n) is 14.5. The van der Waals surface area contributed by atoms with Crippen molar-refractivity contribution in [2.75, 3.05) is 0 Å². The van der Waals surface area contributed by atoms with Gasteiger partial charge >= 0.3 is 0 Å². The van der Waals surface area contributed by atoms with Crippen LogP contribution < -0.4 is 0 Å². The molecule has 3 aromatic heterocycles. The van der Waals surface area contributed by atoms with Crippen molar-refractivity contribution in [3.8, 4) is 62.5 Å². The number of aromatic nitrogens is 4. The first-order chi connectivity index (χ1) is 27.7. The molecule has 11 aromatic rings. The maximum Gasteiger partial charge on any atom is 0.160 e. The van der Waals surface area contributed by atoms with Crippen LogP contribution >= 0.6 is 0 Å². The summed E-state index contributed by atoms with van der Waals surface area (Å²) in [6, 6.07) is 64.2. The van der Waals surface area contributed by atoms with Gasteiger partial charge in [-0.2, -0.15) is 5.26 Å². The third-order valence-electron chi connectivity index (χ3n) is 11.5. The smallest absolute Gasteiger partial charge is 0.160 e. The van der Waals surface area contributed by atoms with Crippen molar-refractivity contribution in [1.29, 1.82) is 5.26 Å². The molecule has 0 atom stereocenters. The van der Waals surface area contributed by atoms with E-state index in [0.717, 1.165) is 72.6 Å². The molecule has 0 aliphatic heterocycles. The lowest BCUT2D eigenvalue weighted by Crippen LogP contribution is -2.02. The lowest BCUT2D eigenvalue weighted by atomic mass is 9.99. The van der Waals surface area contributed by atoms with Gasteiger partial charge in [-0.3, -0.25) is 0 Å². The molecule has 0 fully saturated rings. The minimum absolute atomic E-state index is 0.611. The van der Waals surface area contributed by atoms with E-state index in [1.54, 1.807) is 0 Å². The molecule has 12 rings (SSSR count). The number of fused-ring (bicyclic) bond motifs is 9. The molecule has 1 aliphatic rings. The summed E-state index contributed by atoms with van der Waals surface area (Å²) in [4.78, 5) is 11.0. The molecule has 0 saturated carbocycles. The van der Waals surface area contributed by atoms with E-state index in [9.17, 15) is 5.26 Å². The Balaban J connectivity index is 1.20. The molecular weight excluding hydrogens is 683 g/mol. The largest absolute Gasteiger partial charge is 0.309 e. The molecule has 3 heterocycles. The summed E-state index contributed by atoms with van der Waals surface area (Å²) in [5.74, 6) is 0.637. The van der Waals surface area contributed by atoms with Gasteiger partial charge in [0, 0.05) is 55.2 Å². The van der Waals surface area contributed by atoms with Crippen LogP contribution in [0.5, 0.6) is 0 Å². The predicted octanol–water partition coefficient (Wildman–Crippen LogP) is 12.7. The fourth-order valence-corrected chi connectivity index (χ4v) is 9.08. The van der Waals surface area contributed by atoms with Crippen LogP contribution in [0.1, 0.15) is 5.56 Å². The van der Waals surface area contributed by atoms with Crippen LogP contribution in [-0.4, -0.2) is 19.1 Å². The van der Waals surface area contributed by atoms with Gasteiger partial charge < -0.3 is 9.13 Å². The van der Waals surface area contributed by atoms with Gasteiger partial charge in [0.05, 0.1) is 45.1 Å². The average Bonchev–Trinajstić information content (AvgIpc) is 3.90. The van der Waals surface area contributed by atoms with Crippen LogP contribution in [0.25, 0.3) is 111 Å². The van der Waals surface area contributed by atoms with Crippen LogP contribution in [0.2, 0.25) is 0 Å². The second-order valence-corrected chi connectivity index (χ2v) is 14.5. The highest BCUT2D eigenvalue weighted by Gasteiger charge is 2.28. The highest BCUT2D eigenvalue weighted by molar-refractivity contribution is 6.17. The predicted molar refractivity (Wildman–Crippen MR) is 228 cm³/mol. The van der Waals surface area contributed by atoms with E-state index in [2.05, 4.69) is 167 Å². The number of nitrogens with zero attached hydrogens (tertiary/aromatic N) is 5. The van der Waals surface area contributed by atoms with Gasteiger partial charge in [0.1, 0.15) is 0 Å². The molecule has 258 valence electrons. The van der Waals surface area contributed by atoms with Gasteiger partial charge in [-0.1, -0.05) is 121 Å². The summed E-state index contributed by atoms with van der Waals surface area (Å²) in [6.45, 7) is 0. The molecule has 0 amide bonds. The van der Waals surface area contributed by atoms with Crippen molar-refractivity contribution >= 4 is 54.4 Å². The van der Waals surface area contributed by atoms with E-state index in [1.165, 1.54) is 32.3 Å². The molecule has 0 bridgehead atoms. The summed E-state index contributed by atoms with van der Waals surface area (Å²) in [6.07, 6.45) is 0. The summed E-state index contributed by atoms with van der Waals surface area (Å²) in [7, 11) is 0. The molecule has 0 N–H and O–H groups in total. The SMILES string of the molecule is N#Cc1ccc(-c2nc(-c3cc(-n4c5ccccc5c5ccccc54)cc(-n4c5ccccc5c5ccccc54)c3)nc3c2-c2cccc4cccc-3c24)cc1. The third-order valence-corrected chi connectivity index (χ3v) is 11.5. The Kier molecular flexibility index (Phi) is 6.34. The van der Waals surface area contributed by atoms with Crippen molar-refractivity contribution in [1.82, 2.24) is 19.1 Å². The normalized spacial score (nSPS) is 11.9. The molecule has 8 aromatic carbocycles. The molecular formula is C51H29N5. The topological polar surface area (TPSA) is 59.4 Å². The Morgan fingerprint density at radius 1 is 0.429 bits per heavy atom. The number of rotatable bonds is 4. The van der Waals surface area contributed by atoms with E-state index in [-0.39, 0.29) is 0 Å². The first-order valence-electron chi connectivity index (χ1n) is 18.8. The number of benzene rings is 8. The first kappa shape index (κ1) is 30.6. The van der Waals surface area contributed by atoms with E-state index < -0.39 is 0 Å². The Bertz CT molecular complexity index is 3240. The highest BCUT2D eigenvalue weighted by atomic mass is 15.0. The summed E-state index contributed by atoms with van der Waals surface area (Å²) >= 11 is 0. The third kappa shape index (κ3) is 4.30. The fourth-order valence-electron chi connectivity index (χ4n) is 9.08. The monoisotopic (exact) mass is 711 g/mol. The second kappa shape index (κ2) is 11.6. The van der Waals surface area contributed by atoms with Gasteiger partial charge in [0.25, 0.3) is 0 Å². The molecule has 56 heavy (non-hydrogen) atoms. The summed E-state index contributed by atoms with van der Waals surface area (Å²) < 4.78 is 4.74. The summed E-state index contributed by atoms with van der Waals surface area (Å²) in [5.41, 5.74) is 14.0. The van der Waals surface area contributed by atoms with Gasteiger partial charge in [-0.05, 0) is 70.9 Å². The molecule has 5 heteroatoms. The zero-order valence-electron chi connectivity index (χ0n) is 30.0. The fraction of sp³-hybridized carbons (Fsp3) is 0. The van der Waals surface area contributed by atoms with Gasteiger partial charge in [0.15, 0.2) is 5.82 Å². The standard InChI is InChI=1S/C51H29N5/c52-30-31-23-25-33(26-24-31)49-48-41-17-9-11-32-12-10-18-42(47(32)41)50(48)54-51(53-49)34-27-35(55-43-19-5-1-13-37(43)38-14-2-6-20-44(38)55)29-36(28-34)56-45-21-7-3-15-39(45)40-16-4-8-22-46(40)56/h1-29H. The van der Waals surface area contributed by atoms with Crippen molar-refractivity contribution in [2.24, 2.45) is 0 Å². The Hall–Kier alpha value is -7.81. The number of nitriles is 1. The lowest BCUT2D eigenvalue weighted by molar-refractivity contribution is 1.12. The van der Waals surface area contributed by atoms with E-state index in [4.69, 9.17) is 9.97 Å². The molecule has 0 saturated heterocycles. The van der Waals surface area contributed by atoms with Crippen molar-refractivity contribution in [3.05, 3.63) is 181 Å². The lowest BCUT2D eigenvalue weighted by Gasteiger charge is -2.17. The number of para-hydroxylation sites is 4. The van der Waals surface area contributed by atoms with Crippen LogP contribution in [0, 0.1) is 11.3 Å². The number of hydrogen-bond acceptors (Lipinski definition) is 3. The van der Waals surface area contributed by atoms with Crippen LogP contribution in [0.4, 0.5) is 0 Å². The number of hydrogen-bond donors (Lipinski definition) is 0. The zero-order chi connectivity index (χ0) is 36.9. The average molecular weight is 712 g/mol. The van der Waals surface area contributed by atoms with E-state index in [0.29, 0.717) is 11.4 Å². The molecule has 0 radical (unpaired) electrons. The molecule has 1 aliphatic carbocycles. The van der Waals surface area contributed by atoms with Gasteiger partial charge in [-0.15, -0.1) is 0 Å². The summed E-state index contributed by atoms with van der Waals surface area (Å²) in [5, 5.41) is 16.8. The maximum absolute atomic E-state index is 9.66. The van der Waals surface area contributed by atoms with Crippen LogP contribution in [0.3, 0.4) is 0 Å². The minimum Gasteiger partial charge on any atom is -0.309 e. The zero-order valence-corrected chi connectivity index (χ0v) is 30.0. The molecule has 5 nitrogen and oxygen atoms in total. The van der Waals surface area contributed by atoms with E-state index in [1.807, 2.05) is 24.3 Å². The Morgan fingerprint density at radius 2 is 0.911 bits per heavy atom.